The van der Waals surface area contributed by atoms with Gasteiger partial charge in [-0.15, -0.1) is 24.8 Å². The minimum Gasteiger partial charge on any atom is -0.494 e. The van der Waals surface area contributed by atoms with Gasteiger partial charge in [0.1, 0.15) is 11.6 Å². The van der Waals surface area contributed by atoms with E-state index in [0.717, 1.165) is 48.1 Å². The molecule has 1 fully saturated rings. The van der Waals surface area contributed by atoms with Crippen LogP contribution >= 0.6 is 24.8 Å². The van der Waals surface area contributed by atoms with Crippen LogP contribution in [-0.4, -0.2) is 30.6 Å². The molecule has 2 aromatic rings. The highest BCUT2D eigenvalue weighted by atomic mass is 35.5. The summed E-state index contributed by atoms with van der Waals surface area (Å²) in [7, 11) is 1.99. The molecule has 3 rings (SSSR count). The van der Waals surface area contributed by atoms with Gasteiger partial charge in [-0.1, -0.05) is 6.07 Å². The zero-order valence-corrected chi connectivity index (χ0v) is 19.2. The SMILES string of the molecule is CCOc1ccc(-c2ccc(N)nc2)cc1CNC(=O)C1CCC(NC)CC1.Cl.Cl. The minimum absolute atomic E-state index is 0. The van der Waals surface area contributed by atoms with Crippen LogP contribution in [-0.2, 0) is 11.3 Å². The van der Waals surface area contributed by atoms with Gasteiger partial charge in [-0.25, -0.2) is 4.98 Å². The lowest BCUT2D eigenvalue weighted by molar-refractivity contribution is -0.126. The third-order valence-corrected chi connectivity index (χ3v) is 5.44. The molecule has 0 aliphatic heterocycles. The van der Waals surface area contributed by atoms with Crippen molar-refractivity contribution in [1.29, 1.82) is 0 Å². The summed E-state index contributed by atoms with van der Waals surface area (Å²) in [6, 6.07) is 10.3. The normalized spacial score (nSPS) is 17.9. The molecule has 0 saturated heterocycles. The first-order valence-corrected chi connectivity index (χ1v) is 10.0. The second-order valence-electron chi connectivity index (χ2n) is 7.28. The average molecular weight is 455 g/mol. The first-order valence-electron chi connectivity index (χ1n) is 10.0. The number of rotatable bonds is 7. The van der Waals surface area contributed by atoms with Crippen LogP contribution in [0.3, 0.4) is 0 Å². The van der Waals surface area contributed by atoms with Crippen LogP contribution in [0.5, 0.6) is 5.75 Å². The molecule has 1 aromatic heterocycles. The van der Waals surface area contributed by atoms with E-state index >= 15 is 0 Å². The van der Waals surface area contributed by atoms with E-state index in [1.165, 1.54) is 0 Å². The van der Waals surface area contributed by atoms with E-state index in [-0.39, 0.29) is 36.6 Å². The lowest BCUT2D eigenvalue weighted by Crippen LogP contribution is -2.37. The summed E-state index contributed by atoms with van der Waals surface area (Å²) in [5.74, 6) is 1.53. The number of amides is 1. The van der Waals surface area contributed by atoms with E-state index < -0.39 is 0 Å². The number of nitrogens with zero attached hydrogens (tertiary/aromatic N) is 1. The molecule has 0 bridgehead atoms. The molecule has 0 spiro atoms. The van der Waals surface area contributed by atoms with Crippen LogP contribution in [0.4, 0.5) is 5.82 Å². The third-order valence-electron chi connectivity index (χ3n) is 5.44. The summed E-state index contributed by atoms with van der Waals surface area (Å²) in [5, 5.41) is 6.42. The highest BCUT2D eigenvalue weighted by Crippen LogP contribution is 2.28. The molecule has 1 saturated carbocycles. The number of anilines is 1. The van der Waals surface area contributed by atoms with E-state index in [9.17, 15) is 4.79 Å². The van der Waals surface area contributed by atoms with E-state index in [2.05, 4.69) is 21.7 Å². The van der Waals surface area contributed by atoms with Crippen molar-refractivity contribution >= 4 is 36.5 Å². The molecule has 30 heavy (non-hydrogen) atoms. The Bertz CT molecular complexity index is 794. The standard InChI is InChI=1S/C22H30N4O2.2ClH/c1-3-28-20-10-6-16(17-7-11-21(23)25-13-17)12-18(20)14-26-22(27)15-4-8-19(24-2)9-5-15;;/h6-7,10-13,15,19,24H,3-5,8-9,14H2,1-2H3,(H2,23,25)(H,26,27);2*1H. The number of hydrogen-bond donors (Lipinski definition) is 3. The fourth-order valence-electron chi connectivity index (χ4n) is 3.74. The Labute approximate surface area is 191 Å². The number of halogens is 2. The van der Waals surface area contributed by atoms with Crippen molar-refractivity contribution in [1.82, 2.24) is 15.6 Å². The smallest absolute Gasteiger partial charge is 0.223 e. The lowest BCUT2D eigenvalue weighted by atomic mass is 9.85. The molecular formula is C22H32Cl2N4O2. The number of aromatic nitrogens is 1. The molecule has 1 heterocycles. The van der Waals surface area contributed by atoms with Gasteiger partial charge >= 0.3 is 0 Å². The predicted octanol–water partition coefficient (Wildman–Crippen LogP) is 3.97. The summed E-state index contributed by atoms with van der Waals surface area (Å²) in [4.78, 5) is 16.8. The Balaban J connectivity index is 0.00000225. The van der Waals surface area contributed by atoms with Crippen molar-refractivity contribution in [2.45, 2.75) is 45.2 Å². The molecule has 4 N–H and O–H groups in total. The number of carbonyl (C=O) groups excluding carboxylic acids is 1. The monoisotopic (exact) mass is 454 g/mol. The van der Waals surface area contributed by atoms with Crippen molar-refractivity contribution in [3.05, 3.63) is 42.1 Å². The van der Waals surface area contributed by atoms with Gasteiger partial charge < -0.3 is 21.1 Å². The number of pyridine rings is 1. The van der Waals surface area contributed by atoms with Gasteiger partial charge in [0.05, 0.1) is 6.61 Å². The van der Waals surface area contributed by atoms with Gasteiger partial charge in [0, 0.05) is 35.8 Å². The van der Waals surface area contributed by atoms with Crippen LogP contribution in [0.15, 0.2) is 36.5 Å². The van der Waals surface area contributed by atoms with Gasteiger partial charge in [0.15, 0.2) is 0 Å². The number of nitrogen functional groups attached to an aromatic ring is 1. The average Bonchev–Trinajstić information content (AvgIpc) is 2.73. The van der Waals surface area contributed by atoms with Crippen molar-refractivity contribution < 1.29 is 9.53 Å². The van der Waals surface area contributed by atoms with E-state index in [1.54, 1.807) is 12.3 Å². The molecule has 0 atom stereocenters. The van der Waals surface area contributed by atoms with Crippen molar-refractivity contribution in [3.63, 3.8) is 0 Å². The summed E-state index contributed by atoms with van der Waals surface area (Å²) in [5.41, 5.74) is 8.66. The largest absolute Gasteiger partial charge is 0.494 e. The summed E-state index contributed by atoms with van der Waals surface area (Å²) in [6.45, 7) is 2.99. The first-order chi connectivity index (χ1) is 13.6. The van der Waals surface area contributed by atoms with Crippen LogP contribution < -0.4 is 21.1 Å². The molecule has 1 aromatic carbocycles. The number of nitrogens with one attached hydrogen (secondary N) is 2. The molecule has 1 aliphatic carbocycles. The topological polar surface area (TPSA) is 89.3 Å². The molecule has 1 aliphatic rings. The molecule has 0 radical (unpaired) electrons. The van der Waals surface area contributed by atoms with E-state index in [4.69, 9.17) is 10.5 Å². The lowest BCUT2D eigenvalue weighted by Gasteiger charge is -2.27. The third kappa shape index (κ3) is 6.76. The van der Waals surface area contributed by atoms with Gasteiger partial charge in [-0.05, 0) is 69.5 Å². The fraction of sp³-hybridized carbons (Fsp3) is 0.455. The highest BCUT2D eigenvalue weighted by Gasteiger charge is 2.25. The predicted molar refractivity (Wildman–Crippen MR) is 126 cm³/mol. The van der Waals surface area contributed by atoms with Crippen LogP contribution in [0.2, 0.25) is 0 Å². The van der Waals surface area contributed by atoms with Crippen molar-refractivity contribution in [2.24, 2.45) is 5.92 Å². The van der Waals surface area contributed by atoms with Crippen LogP contribution in [0, 0.1) is 5.92 Å². The maximum atomic E-state index is 12.6. The second kappa shape index (κ2) is 12.6. The molecule has 0 unspecified atom stereocenters. The molecule has 166 valence electrons. The summed E-state index contributed by atoms with van der Waals surface area (Å²) < 4.78 is 5.76. The van der Waals surface area contributed by atoms with Gasteiger partial charge in [-0.3, -0.25) is 4.79 Å². The highest BCUT2D eigenvalue weighted by molar-refractivity contribution is 5.85. The van der Waals surface area contributed by atoms with E-state index in [0.29, 0.717) is 25.0 Å². The number of benzene rings is 1. The Kier molecular flexibility index (Phi) is 10.9. The Morgan fingerprint density at radius 1 is 1.13 bits per heavy atom. The van der Waals surface area contributed by atoms with Gasteiger partial charge in [0.25, 0.3) is 0 Å². The Morgan fingerprint density at radius 3 is 2.43 bits per heavy atom. The number of hydrogen-bond acceptors (Lipinski definition) is 5. The molecule has 1 amide bonds. The zero-order chi connectivity index (χ0) is 19.9. The quantitative estimate of drug-likeness (QED) is 0.588. The fourth-order valence-corrected chi connectivity index (χ4v) is 3.74. The Hall–Kier alpha value is -2.02. The second-order valence-corrected chi connectivity index (χ2v) is 7.28. The van der Waals surface area contributed by atoms with Gasteiger partial charge in [0.2, 0.25) is 5.91 Å². The summed E-state index contributed by atoms with van der Waals surface area (Å²) >= 11 is 0. The van der Waals surface area contributed by atoms with Crippen molar-refractivity contribution in [2.75, 3.05) is 19.4 Å². The molecular weight excluding hydrogens is 423 g/mol. The summed E-state index contributed by atoms with van der Waals surface area (Å²) in [6.07, 6.45) is 5.74. The Morgan fingerprint density at radius 2 is 1.83 bits per heavy atom. The number of nitrogens with two attached hydrogens (primary N) is 1. The first kappa shape index (κ1) is 26.0. The van der Waals surface area contributed by atoms with Crippen molar-refractivity contribution in [3.8, 4) is 16.9 Å². The van der Waals surface area contributed by atoms with Gasteiger partial charge in [-0.2, -0.15) is 0 Å². The number of ether oxygens (including phenoxy) is 1. The maximum Gasteiger partial charge on any atom is 0.223 e. The maximum absolute atomic E-state index is 12.6. The van der Waals surface area contributed by atoms with E-state index in [1.807, 2.05) is 32.2 Å². The van der Waals surface area contributed by atoms with Crippen LogP contribution in [0.1, 0.15) is 38.2 Å². The molecule has 8 heteroatoms. The minimum atomic E-state index is 0. The number of carbonyl (C=O) groups is 1. The molecule has 6 nitrogen and oxygen atoms in total. The zero-order valence-electron chi connectivity index (χ0n) is 17.5. The van der Waals surface area contributed by atoms with Crippen LogP contribution in [0.25, 0.3) is 11.1 Å².